The highest BCUT2D eigenvalue weighted by Gasteiger charge is 2.35. The Morgan fingerprint density at radius 1 is 1.05 bits per heavy atom. The maximum atomic E-state index is 11.7. The summed E-state index contributed by atoms with van der Waals surface area (Å²) in [5, 5.41) is 26.4. The summed E-state index contributed by atoms with van der Waals surface area (Å²) in [5.74, 6) is -4.16. The minimum atomic E-state index is -2.35. The van der Waals surface area contributed by atoms with E-state index in [-0.39, 0.29) is 5.56 Å². The van der Waals surface area contributed by atoms with Crippen LogP contribution in [0.5, 0.6) is 5.75 Å². The number of aliphatic hydroxyl groups excluding tert-OH is 1. The van der Waals surface area contributed by atoms with Gasteiger partial charge in [0.25, 0.3) is 0 Å². The van der Waals surface area contributed by atoms with Crippen molar-refractivity contribution in [3.63, 3.8) is 0 Å². The third-order valence-corrected chi connectivity index (χ3v) is 2.34. The summed E-state index contributed by atoms with van der Waals surface area (Å²) in [5.41, 5.74) is -0.00496. The first-order valence-corrected chi connectivity index (χ1v) is 5.35. The molecule has 0 saturated carbocycles. The molecular weight excluding hydrogens is 272 g/mol. The van der Waals surface area contributed by atoms with Crippen LogP contribution in [0.2, 0.25) is 0 Å². The van der Waals surface area contributed by atoms with Crippen LogP contribution in [0.3, 0.4) is 0 Å². The van der Waals surface area contributed by atoms with Crippen LogP contribution in [-0.4, -0.2) is 52.5 Å². The predicted octanol–water partition coefficient (Wildman–Crippen LogP) is -0.249. The molecule has 0 bridgehead atoms. The van der Waals surface area contributed by atoms with E-state index >= 15 is 0 Å². The number of benzene rings is 1. The number of aliphatic hydroxyl groups is 1. The summed E-state index contributed by atoms with van der Waals surface area (Å²) in [6.45, 7) is 0. The number of ether oxygens (including phenoxy) is 2. The van der Waals surface area contributed by atoms with Crippen molar-refractivity contribution in [3.05, 3.63) is 29.8 Å². The lowest BCUT2D eigenvalue weighted by molar-refractivity contribution is -0.166. The second-order valence-corrected chi connectivity index (χ2v) is 3.68. The Hall–Kier alpha value is -2.61. The topological polar surface area (TPSA) is 130 Å². The molecule has 1 aromatic carbocycles. The smallest absolute Gasteiger partial charge is 0.348 e. The van der Waals surface area contributed by atoms with Gasteiger partial charge in [-0.25, -0.2) is 14.4 Å². The zero-order valence-electron chi connectivity index (χ0n) is 10.3. The van der Waals surface area contributed by atoms with Crippen molar-refractivity contribution in [2.75, 3.05) is 7.11 Å². The van der Waals surface area contributed by atoms with E-state index in [2.05, 4.69) is 4.74 Å². The van der Waals surface area contributed by atoms with Crippen molar-refractivity contribution in [1.29, 1.82) is 0 Å². The summed E-state index contributed by atoms with van der Waals surface area (Å²) >= 11 is 0. The second-order valence-electron chi connectivity index (χ2n) is 3.68. The summed E-state index contributed by atoms with van der Waals surface area (Å²) in [7, 11) is 1.43. The van der Waals surface area contributed by atoms with Crippen molar-refractivity contribution in [3.8, 4) is 5.75 Å². The van der Waals surface area contributed by atoms with Gasteiger partial charge in [-0.3, -0.25) is 0 Å². The van der Waals surface area contributed by atoms with E-state index in [1.54, 1.807) is 0 Å². The fourth-order valence-corrected chi connectivity index (χ4v) is 1.29. The van der Waals surface area contributed by atoms with Gasteiger partial charge in [0.05, 0.1) is 12.7 Å². The Morgan fingerprint density at radius 3 is 2.00 bits per heavy atom. The molecule has 0 saturated heterocycles. The molecule has 1 aromatic rings. The molecular formula is C12H12O8. The zero-order chi connectivity index (χ0) is 15.3. The molecule has 108 valence electrons. The quantitative estimate of drug-likeness (QED) is 0.609. The molecule has 0 unspecified atom stereocenters. The SMILES string of the molecule is COc1ccc(C(=O)O[C@H](C(=O)O)[C@H](O)C(=O)O)cc1. The molecule has 0 aliphatic carbocycles. The van der Waals surface area contributed by atoms with Crippen molar-refractivity contribution in [2.45, 2.75) is 12.2 Å². The van der Waals surface area contributed by atoms with Gasteiger partial charge in [-0.05, 0) is 24.3 Å². The minimum absolute atomic E-state index is 0.00496. The molecule has 0 fully saturated rings. The molecule has 0 aliphatic heterocycles. The molecule has 3 N–H and O–H groups in total. The number of hydrogen-bond acceptors (Lipinski definition) is 6. The predicted molar refractivity (Wildman–Crippen MR) is 63.5 cm³/mol. The number of rotatable bonds is 6. The van der Waals surface area contributed by atoms with Gasteiger partial charge < -0.3 is 24.8 Å². The molecule has 8 heteroatoms. The van der Waals surface area contributed by atoms with E-state index in [9.17, 15) is 14.4 Å². The first kappa shape index (κ1) is 15.4. The number of methoxy groups -OCH3 is 1. The van der Waals surface area contributed by atoms with E-state index in [0.29, 0.717) is 5.75 Å². The van der Waals surface area contributed by atoms with Gasteiger partial charge in [-0.1, -0.05) is 0 Å². The number of esters is 1. The zero-order valence-corrected chi connectivity index (χ0v) is 10.3. The maximum Gasteiger partial charge on any atom is 0.348 e. The highest BCUT2D eigenvalue weighted by atomic mass is 16.6. The standard InChI is InChI=1S/C12H12O8/c1-19-7-4-2-6(3-5-7)12(18)20-9(11(16)17)8(13)10(14)15/h2-5,8-9,13H,1H3,(H,14,15)(H,16,17)/t8-,9-/m0/s1. The van der Waals surface area contributed by atoms with Crippen LogP contribution in [0.1, 0.15) is 10.4 Å². The Kier molecular flexibility index (Phi) is 5.04. The van der Waals surface area contributed by atoms with Crippen LogP contribution in [0.15, 0.2) is 24.3 Å². The van der Waals surface area contributed by atoms with Gasteiger partial charge in [-0.2, -0.15) is 0 Å². The average Bonchev–Trinajstić information content (AvgIpc) is 2.43. The van der Waals surface area contributed by atoms with Gasteiger partial charge in [-0.15, -0.1) is 0 Å². The molecule has 0 radical (unpaired) electrons. The lowest BCUT2D eigenvalue weighted by Gasteiger charge is -2.16. The van der Waals surface area contributed by atoms with E-state index in [4.69, 9.17) is 20.1 Å². The molecule has 2 atom stereocenters. The van der Waals surface area contributed by atoms with Crippen LogP contribution in [0.4, 0.5) is 0 Å². The van der Waals surface area contributed by atoms with Crippen LogP contribution < -0.4 is 4.74 Å². The van der Waals surface area contributed by atoms with Crippen molar-refractivity contribution in [1.82, 2.24) is 0 Å². The molecule has 0 aliphatic rings. The van der Waals surface area contributed by atoms with Crippen LogP contribution >= 0.6 is 0 Å². The van der Waals surface area contributed by atoms with E-state index in [1.807, 2.05) is 0 Å². The summed E-state index contributed by atoms with van der Waals surface area (Å²) in [6, 6.07) is 5.51. The lowest BCUT2D eigenvalue weighted by atomic mass is 10.2. The van der Waals surface area contributed by atoms with Crippen molar-refractivity contribution < 1.29 is 39.2 Å². The molecule has 0 amide bonds. The molecule has 20 heavy (non-hydrogen) atoms. The lowest BCUT2D eigenvalue weighted by Crippen LogP contribution is -2.43. The van der Waals surface area contributed by atoms with E-state index in [1.165, 1.54) is 31.4 Å². The fourth-order valence-electron chi connectivity index (χ4n) is 1.29. The Morgan fingerprint density at radius 2 is 1.60 bits per heavy atom. The first-order valence-electron chi connectivity index (χ1n) is 5.35. The molecule has 0 spiro atoms. The largest absolute Gasteiger partial charge is 0.497 e. The fraction of sp³-hybridized carbons (Fsp3) is 0.250. The van der Waals surface area contributed by atoms with Crippen molar-refractivity contribution in [2.24, 2.45) is 0 Å². The minimum Gasteiger partial charge on any atom is -0.497 e. The monoisotopic (exact) mass is 284 g/mol. The average molecular weight is 284 g/mol. The third-order valence-electron chi connectivity index (χ3n) is 2.34. The molecule has 1 rings (SSSR count). The molecule has 0 heterocycles. The number of hydrogen-bond donors (Lipinski definition) is 3. The third kappa shape index (κ3) is 3.69. The Labute approximate surface area is 113 Å². The summed E-state index contributed by atoms with van der Waals surface area (Å²) in [4.78, 5) is 33.0. The number of carbonyl (C=O) groups excluding carboxylic acids is 1. The summed E-state index contributed by atoms with van der Waals surface area (Å²) in [6.07, 6.45) is -4.54. The van der Waals surface area contributed by atoms with Crippen LogP contribution in [0, 0.1) is 0 Å². The van der Waals surface area contributed by atoms with Crippen LogP contribution in [0.25, 0.3) is 0 Å². The number of aliphatic carboxylic acids is 2. The van der Waals surface area contributed by atoms with Gasteiger partial charge >= 0.3 is 17.9 Å². The highest BCUT2D eigenvalue weighted by Crippen LogP contribution is 2.13. The van der Waals surface area contributed by atoms with E-state index < -0.39 is 30.1 Å². The van der Waals surface area contributed by atoms with Gasteiger partial charge in [0.1, 0.15) is 5.75 Å². The van der Waals surface area contributed by atoms with Gasteiger partial charge in [0.2, 0.25) is 6.10 Å². The van der Waals surface area contributed by atoms with E-state index in [0.717, 1.165) is 0 Å². The Bertz CT molecular complexity index is 507. The number of carboxylic acid groups (broad SMARTS) is 2. The maximum absolute atomic E-state index is 11.7. The molecule has 0 aromatic heterocycles. The normalized spacial score (nSPS) is 13.1. The first-order chi connectivity index (χ1) is 9.36. The Balaban J connectivity index is 2.85. The number of carboxylic acids is 2. The highest BCUT2D eigenvalue weighted by molar-refractivity contribution is 5.92. The summed E-state index contributed by atoms with van der Waals surface area (Å²) < 4.78 is 9.36. The van der Waals surface area contributed by atoms with Crippen molar-refractivity contribution >= 4 is 17.9 Å². The molecule has 8 nitrogen and oxygen atoms in total. The van der Waals surface area contributed by atoms with Gasteiger partial charge in [0, 0.05) is 0 Å². The van der Waals surface area contributed by atoms with Gasteiger partial charge in [0.15, 0.2) is 6.10 Å². The second kappa shape index (κ2) is 6.53. The van der Waals surface area contributed by atoms with Crippen LogP contribution in [-0.2, 0) is 14.3 Å². The number of carbonyl (C=O) groups is 3.